The van der Waals surface area contributed by atoms with Crippen molar-refractivity contribution in [3.05, 3.63) is 202 Å². The molecule has 0 radical (unpaired) electrons. The second-order valence-electron chi connectivity index (χ2n) is 32.8. The SMILES string of the molecule is CCCC[C@H]1C(=O)N(C)CC(=O)N[C@@H](CC(=O)O)C(=O)N[C@@H](C(C)C)C(=O)N[C@@H](Cc2ccc(Cl)cc2)C(=O)N[C@@H](Cc2ccc(O)cc2)C(=O)N(C)CC(=O)N[C@@H](Cc2c[nH]c3ccccc23)C(=O)N[C@@H](Cc2ccc(O)cc2)C(=O)N[C@@H](CC(C)C)C(=O)N[C@H](C(=O)NCC(N)=O)CSCC(=O)N[C@@H](Cc2ccccc2)C(=O)N(C)[C@@H](Cc2ccccc2)C(=O)N1C. The first-order valence-corrected chi connectivity index (χ1v) is 43.9. The van der Waals surface area contributed by atoms with Crippen molar-refractivity contribution in [1.29, 1.82) is 0 Å². The minimum atomic E-state index is -1.92. The fraction of sp³-hybridized carbons (Fsp3) is 0.413. The molecular formula is C92H115ClN16O19S. The van der Waals surface area contributed by atoms with Crippen LogP contribution in [0.3, 0.4) is 0 Å². The van der Waals surface area contributed by atoms with Crippen molar-refractivity contribution < 1.29 is 92.0 Å². The molecule has 6 aromatic carbocycles. The Morgan fingerprint density at radius 2 is 0.922 bits per heavy atom. The summed E-state index contributed by atoms with van der Waals surface area (Å²) in [6.45, 7) is 6.07. The number of hydrogen-bond acceptors (Lipinski definition) is 19. The van der Waals surface area contributed by atoms with Gasteiger partial charge in [-0.15, -0.1) is 11.8 Å². The Morgan fingerprint density at radius 1 is 0.481 bits per heavy atom. The maximum atomic E-state index is 15.5. The summed E-state index contributed by atoms with van der Waals surface area (Å²) in [5.41, 5.74) is 8.97. The molecule has 11 atom stereocenters. The van der Waals surface area contributed by atoms with Gasteiger partial charge in [0.2, 0.25) is 88.6 Å². The van der Waals surface area contributed by atoms with Gasteiger partial charge in [-0.3, -0.25) is 76.7 Å². The number of para-hydroxylation sites is 1. The number of nitrogens with zero attached hydrogens (tertiary/aromatic N) is 4. The van der Waals surface area contributed by atoms with E-state index in [1.165, 1.54) is 103 Å². The third-order valence-corrected chi connectivity index (χ3v) is 23.0. The zero-order valence-electron chi connectivity index (χ0n) is 73.4. The van der Waals surface area contributed by atoms with Crippen LogP contribution in [-0.4, -0.2) is 260 Å². The minimum absolute atomic E-state index is 0.0239. The van der Waals surface area contributed by atoms with Crippen LogP contribution in [0.1, 0.15) is 100 Å². The van der Waals surface area contributed by atoms with Gasteiger partial charge in [0.1, 0.15) is 78.0 Å². The molecule has 0 aliphatic carbocycles. The van der Waals surface area contributed by atoms with Gasteiger partial charge in [0.25, 0.3) is 0 Å². The Kier molecular flexibility index (Phi) is 38.4. The molecular weight excluding hydrogens is 1700 g/mol. The summed E-state index contributed by atoms with van der Waals surface area (Å²) in [6.07, 6.45) is -0.0769. The molecule has 35 nitrogen and oxygen atoms in total. The number of hydrogen-bond donors (Lipinski definition) is 15. The van der Waals surface area contributed by atoms with Gasteiger partial charge in [-0.25, -0.2) is 0 Å². The highest BCUT2D eigenvalue weighted by molar-refractivity contribution is 8.00. The number of carboxylic acids is 1. The number of rotatable bonds is 23. The number of carbonyl (C=O) groups is 16. The fourth-order valence-electron chi connectivity index (χ4n) is 14.7. The molecule has 2 heterocycles. The lowest BCUT2D eigenvalue weighted by atomic mass is 9.99. The number of unbranched alkanes of at least 4 members (excludes halogenated alkanes) is 1. The van der Waals surface area contributed by atoms with Gasteiger partial charge in [0.05, 0.1) is 31.8 Å². The second-order valence-corrected chi connectivity index (χ2v) is 34.3. The molecule has 16 N–H and O–H groups in total. The Bertz CT molecular complexity index is 5090. The van der Waals surface area contributed by atoms with E-state index in [2.05, 4.69) is 58.2 Å². The molecule has 0 bridgehead atoms. The van der Waals surface area contributed by atoms with Gasteiger partial charge in [-0.1, -0.05) is 174 Å². The molecule has 0 saturated carbocycles. The summed E-state index contributed by atoms with van der Waals surface area (Å²) >= 11 is 7.13. The summed E-state index contributed by atoms with van der Waals surface area (Å²) in [6, 6.07) is 24.6. The van der Waals surface area contributed by atoms with Crippen LogP contribution >= 0.6 is 23.4 Å². The Balaban J connectivity index is 1.21. The average molecular weight is 1820 g/mol. The summed E-state index contributed by atoms with van der Waals surface area (Å²) < 4.78 is 0. The monoisotopic (exact) mass is 1810 g/mol. The van der Waals surface area contributed by atoms with Crippen LogP contribution in [0.25, 0.3) is 10.9 Å². The number of aliphatic carboxylic acids is 1. The number of carbonyl (C=O) groups excluding carboxylic acids is 15. The topological polar surface area (TPSA) is 509 Å². The van der Waals surface area contributed by atoms with E-state index in [9.17, 15) is 63.3 Å². The van der Waals surface area contributed by atoms with Crippen LogP contribution in [-0.2, 0) is 115 Å². The van der Waals surface area contributed by atoms with E-state index in [1.807, 2.05) is 6.92 Å². The zero-order chi connectivity index (χ0) is 94.3. The normalized spacial score (nSPS) is 21.8. The number of amides is 15. The molecule has 129 heavy (non-hydrogen) atoms. The third kappa shape index (κ3) is 31.3. The van der Waals surface area contributed by atoms with E-state index in [-0.39, 0.29) is 74.5 Å². The lowest BCUT2D eigenvalue weighted by Gasteiger charge is -2.37. The number of phenolic OH excluding ortho intramolecular Hbond substituents is 2. The van der Waals surface area contributed by atoms with E-state index in [0.29, 0.717) is 62.1 Å². The molecule has 1 saturated heterocycles. The highest BCUT2D eigenvalue weighted by Crippen LogP contribution is 2.24. The van der Waals surface area contributed by atoms with E-state index in [0.717, 1.165) is 31.4 Å². The summed E-state index contributed by atoms with van der Waals surface area (Å²) in [5, 5.41) is 58.3. The standard InChI is InChI=1S/C92H115ClN16O19S/c1-10-11-26-74-91(127)107(7)50-78(114)98-70(46-80(116)117)87(123)105-81(54(4)5)88(124)102-68(40-57-27-33-61(93)34-28-57)85(121)103-71(43-59-31-37-63(111)38-32-59)89(125)106(6)49-77(113)97-69(45-60-47-95-65-25-19-18-24-64(60)65)86(122)101-67(41-58-29-35-62(110)36-30-58)84(120)100-66(39-53(2)3)83(119)104-73(82(118)96-48-76(94)112)51-129-52-79(115)99-72(42-55-20-14-12-15-21-55)90(126)109(9)75(92(128)108(74)8)44-56-22-16-13-17-23-56/h12-25,27-38,47,53-54,66-75,81,95,110-111H,10-11,26,39-46,48-52H2,1-9H3,(H2,94,112)(H,96,118)(H,97,113)(H,98,114)(H,99,115)(H,100,120)(H,101,122)(H,102,124)(H,103,121)(H,104,119)(H,105,123)(H,116,117)/t66-,67-,68-,69-,70-,71-,72-,73-,74-,75-,81-/m0/s1. The number of nitrogens with two attached hydrogens (primary N) is 1. The van der Waals surface area contributed by atoms with Gasteiger partial charge in [-0.2, -0.15) is 0 Å². The quantitative estimate of drug-likeness (QED) is 0.0438. The number of nitrogens with one attached hydrogen (secondary N) is 11. The molecule has 0 unspecified atom stereocenters. The number of H-pyrrole nitrogens is 1. The number of likely N-dealkylation sites (N-methyl/N-ethyl adjacent to an activating group) is 4. The van der Waals surface area contributed by atoms with Gasteiger partial charge in [0.15, 0.2) is 0 Å². The second kappa shape index (κ2) is 49.1. The van der Waals surface area contributed by atoms with Gasteiger partial charge in [-0.05, 0) is 101 Å². The van der Waals surface area contributed by atoms with Crippen LogP contribution in [0, 0.1) is 11.8 Å². The minimum Gasteiger partial charge on any atom is -0.508 e. The molecule has 1 aromatic heterocycles. The van der Waals surface area contributed by atoms with E-state index >= 15 is 28.8 Å². The predicted octanol–water partition coefficient (Wildman–Crippen LogP) is 2.64. The number of phenols is 2. The molecule has 1 aliphatic rings. The smallest absolute Gasteiger partial charge is 0.305 e. The van der Waals surface area contributed by atoms with Crippen molar-refractivity contribution in [2.24, 2.45) is 17.6 Å². The lowest BCUT2D eigenvalue weighted by Crippen LogP contribution is -2.61. The molecule has 0 spiro atoms. The van der Waals surface area contributed by atoms with Crippen LogP contribution in [0.4, 0.5) is 0 Å². The van der Waals surface area contributed by atoms with Crippen molar-refractivity contribution in [2.75, 3.05) is 59.3 Å². The van der Waals surface area contributed by atoms with Crippen LogP contribution in [0.15, 0.2) is 164 Å². The number of thioether (sulfide) groups is 1. The number of halogens is 1. The number of carboxylic acid groups (broad SMARTS) is 1. The van der Waals surface area contributed by atoms with E-state index < -0.39 is 199 Å². The Labute approximate surface area is 757 Å². The highest BCUT2D eigenvalue weighted by Gasteiger charge is 2.41. The number of fused-ring (bicyclic) bond motifs is 1. The molecule has 8 rings (SSSR count). The van der Waals surface area contributed by atoms with Gasteiger partial charge < -0.3 is 98.8 Å². The van der Waals surface area contributed by atoms with Crippen molar-refractivity contribution in [1.82, 2.24) is 77.8 Å². The third-order valence-electron chi connectivity index (χ3n) is 21.7. The van der Waals surface area contributed by atoms with Crippen molar-refractivity contribution in [3.8, 4) is 11.5 Å². The first kappa shape index (κ1) is 101. The zero-order valence-corrected chi connectivity index (χ0v) is 75.0. The molecule has 7 aromatic rings. The van der Waals surface area contributed by atoms with E-state index in [4.69, 9.17) is 17.3 Å². The molecule has 37 heteroatoms. The maximum absolute atomic E-state index is 15.5. The molecule has 15 amide bonds. The number of aromatic amines is 1. The summed E-state index contributed by atoms with van der Waals surface area (Å²) in [5.74, 6) is -17.8. The van der Waals surface area contributed by atoms with Crippen molar-refractivity contribution >= 4 is 129 Å². The lowest BCUT2D eigenvalue weighted by molar-refractivity contribution is -0.151. The van der Waals surface area contributed by atoms with Crippen molar-refractivity contribution in [2.45, 2.75) is 172 Å². The molecule has 690 valence electrons. The molecule has 1 aliphatic heterocycles. The van der Waals surface area contributed by atoms with Gasteiger partial charge in [0, 0.05) is 94.6 Å². The van der Waals surface area contributed by atoms with Crippen LogP contribution in [0.5, 0.6) is 11.5 Å². The van der Waals surface area contributed by atoms with Crippen LogP contribution < -0.4 is 58.9 Å². The fourth-order valence-corrected chi connectivity index (χ4v) is 15.7. The van der Waals surface area contributed by atoms with Crippen molar-refractivity contribution in [3.63, 3.8) is 0 Å². The van der Waals surface area contributed by atoms with E-state index in [1.54, 1.807) is 117 Å². The average Bonchev–Trinajstić information content (AvgIpc) is 1.45. The Hall–Kier alpha value is -13.4. The number of primary amides is 1. The highest BCUT2D eigenvalue weighted by atomic mass is 35.5. The number of aromatic hydroxyl groups is 2. The summed E-state index contributed by atoms with van der Waals surface area (Å²) in [4.78, 5) is 241. The first-order valence-electron chi connectivity index (χ1n) is 42.4. The number of benzene rings is 6. The Morgan fingerprint density at radius 3 is 1.46 bits per heavy atom. The maximum Gasteiger partial charge on any atom is 0.305 e. The predicted molar refractivity (Wildman–Crippen MR) is 482 cm³/mol. The molecule has 1 fully saturated rings. The number of aromatic nitrogens is 1. The van der Waals surface area contributed by atoms with Crippen LogP contribution in [0.2, 0.25) is 5.02 Å². The summed E-state index contributed by atoms with van der Waals surface area (Å²) in [7, 11) is 5.22. The van der Waals surface area contributed by atoms with Gasteiger partial charge >= 0.3 is 5.97 Å². The first-order chi connectivity index (χ1) is 61.3. The largest absolute Gasteiger partial charge is 0.508 e.